The van der Waals surface area contributed by atoms with E-state index >= 15 is 0 Å². The molecule has 5 nitrogen and oxygen atoms in total. The number of hydrogen-bond donors (Lipinski definition) is 1. The van der Waals surface area contributed by atoms with Crippen molar-refractivity contribution >= 4 is 0 Å². The zero-order chi connectivity index (χ0) is 12.1. The first-order chi connectivity index (χ1) is 8.28. The minimum atomic E-state index is 0.389. The summed E-state index contributed by atoms with van der Waals surface area (Å²) < 4.78 is 10.9. The minimum absolute atomic E-state index is 0.389. The van der Waals surface area contributed by atoms with E-state index in [1.54, 1.807) is 0 Å². The van der Waals surface area contributed by atoms with Gasteiger partial charge in [-0.3, -0.25) is 4.90 Å². The van der Waals surface area contributed by atoms with Crippen LogP contribution in [0.2, 0.25) is 0 Å². The van der Waals surface area contributed by atoms with Crippen LogP contribution in [-0.2, 0) is 17.8 Å². The van der Waals surface area contributed by atoms with Crippen LogP contribution in [0.25, 0.3) is 0 Å². The Balaban J connectivity index is 1.78. The van der Waals surface area contributed by atoms with Crippen LogP contribution in [-0.4, -0.2) is 43.4 Å². The van der Waals surface area contributed by atoms with E-state index in [0.29, 0.717) is 6.10 Å². The standard InChI is InChI=1S/C12H21N3O2/c1-13-7-10-6-12(17-14-10)9-15(2)8-11-4-3-5-16-11/h6,11,13H,3-5,7-9H2,1-2H3. The number of rotatable bonds is 6. The van der Waals surface area contributed by atoms with E-state index in [9.17, 15) is 0 Å². The van der Waals surface area contributed by atoms with Gasteiger partial charge in [0.1, 0.15) is 0 Å². The molecule has 0 amide bonds. The number of nitrogens with zero attached hydrogens (tertiary/aromatic N) is 2. The van der Waals surface area contributed by atoms with Crippen molar-refractivity contribution in [3.63, 3.8) is 0 Å². The van der Waals surface area contributed by atoms with Crippen LogP contribution in [0, 0.1) is 0 Å². The maximum absolute atomic E-state index is 5.61. The molecule has 1 saturated heterocycles. The molecule has 1 N–H and O–H groups in total. The summed E-state index contributed by atoms with van der Waals surface area (Å²) in [6, 6.07) is 2.00. The van der Waals surface area contributed by atoms with Crippen LogP contribution >= 0.6 is 0 Å². The topological polar surface area (TPSA) is 50.5 Å². The molecule has 0 aliphatic carbocycles. The van der Waals surface area contributed by atoms with Crippen molar-refractivity contribution in [3.8, 4) is 0 Å². The smallest absolute Gasteiger partial charge is 0.151 e. The molecule has 0 spiro atoms. The SMILES string of the molecule is CNCc1cc(CN(C)CC2CCCO2)on1. The Morgan fingerprint density at radius 3 is 3.18 bits per heavy atom. The summed E-state index contributed by atoms with van der Waals surface area (Å²) >= 11 is 0. The minimum Gasteiger partial charge on any atom is -0.377 e. The lowest BCUT2D eigenvalue weighted by atomic mass is 10.2. The highest BCUT2D eigenvalue weighted by molar-refractivity contribution is 5.04. The number of likely N-dealkylation sites (N-methyl/N-ethyl adjacent to an activating group) is 1. The van der Waals surface area contributed by atoms with Crippen molar-refractivity contribution in [2.75, 3.05) is 27.2 Å². The van der Waals surface area contributed by atoms with Crippen molar-refractivity contribution in [2.45, 2.75) is 32.0 Å². The predicted octanol–water partition coefficient (Wildman–Crippen LogP) is 1.00. The summed E-state index contributed by atoms with van der Waals surface area (Å²) in [7, 11) is 3.99. The molecule has 1 atom stereocenters. The molecule has 1 aromatic heterocycles. The number of hydrogen-bond acceptors (Lipinski definition) is 5. The van der Waals surface area contributed by atoms with Gasteiger partial charge in [-0.05, 0) is 26.9 Å². The van der Waals surface area contributed by atoms with Crippen molar-refractivity contribution in [3.05, 3.63) is 17.5 Å². The fourth-order valence-electron chi connectivity index (χ4n) is 2.16. The average molecular weight is 239 g/mol. The first kappa shape index (κ1) is 12.5. The van der Waals surface area contributed by atoms with Gasteiger partial charge in [-0.25, -0.2) is 0 Å². The maximum atomic E-state index is 5.61. The van der Waals surface area contributed by atoms with E-state index in [2.05, 4.69) is 22.4 Å². The Hall–Kier alpha value is -0.910. The van der Waals surface area contributed by atoms with Gasteiger partial charge >= 0.3 is 0 Å². The highest BCUT2D eigenvalue weighted by Crippen LogP contribution is 2.14. The normalized spacial score (nSPS) is 20.3. The van der Waals surface area contributed by atoms with Crippen molar-refractivity contribution in [1.82, 2.24) is 15.4 Å². The van der Waals surface area contributed by atoms with Crippen LogP contribution < -0.4 is 5.32 Å². The molecule has 96 valence electrons. The van der Waals surface area contributed by atoms with Crippen LogP contribution in [0.4, 0.5) is 0 Å². The summed E-state index contributed by atoms with van der Waals surface area (Å²) in [6.07, 6.45) is 2.75. The van der Waals surface area contributed by atoms with Gasteiger partial charge in [0.05, 0.1) is 18.3 Å². The monoisotopic (exact) mass is 239 g/mol. The van der Waals surface area contributed by atoms with Crippen molar-refractivity contribution in [2.24, 2.45) is 0 Å². The van der Waals surface area contributed by atoms with Crippen molar-refractivity contribution < 1.29 is 9.26 Å². The van der Waals surface area contributed by atoms with Crippen molar-refractivity contribution in [1.29, 1.82) is 0 Å². The fraction of sp³-hybridized carbons (Fsp3) is 0.750. The summed E-state index contributed by atoms with van der Waals surface area (Å²) in [4.78, 5) is 2.22. The molecule has 1 aromatic rings. The highest BCUT2D eigenvalue weighted by Gasteiger charge is 2.18. The molecule has 2 heterocycles. The van der Waals surface area contributed by atoms with Gasteiger partial charge in [-0.15, -0.1) is 0 Å². The van der Waals surface area contributed by atoms with Crippen LogP contribution in [0.3, 0.4) is 0 Å². The molecule has 0 bridgehead atoms. The molecule has 1 aliphatic heterocycles. The third-order valence-electron chi connectivity index (χ3n) is 2.93. The van der Waals surface area contributed by atoms with Gasteiger partial charge in [0.2, 0.25) is 0 Å². The Morgan fingerprint density at radius 1 is 1.59 bits per heavy atom. The predicted molar refractivity (Wildman–Crippen MR) is 64.6 cm³/mol. The molecule has 0 saturated carbocycles. The lowest BCUT2D eigenvalue weighted by Crippen LogP contribution is -2.28. The lowest BCUT2D eigenvalue weighted by Gasteiger charge is -2.18. The first-order valence-electron chi connectivity index (χ1n) is 6.17. The number of nitrogens with one attached hydrogen (secondary N) is 1. The molecule has 1 unspecified atom stereocenters. The molecule has 5 heteroatoms. The van der Waals surface area contributed by atoms with E-state index in [1.165, 1.54) is 12.8 Å². The molecular formula is C12H21N3O2. The molecule has 1 fully saturated rings. The number of ether oxygens (including phenoxy) is 1. The van der Waals surface area contributed by atoms with Gasteiger partial charge in [-0.1, -0.05) is 5.16 Å². The quantitative estimate of drug-likeness (QED) is 0.802. The second-order valence-corrected chi connectivity index (χ2v) is 4.65. The van der Waals surface area contributed by atoms with Gasteiger partial charge in [0.25, 0.3) is 0 Å². The maximum Gasteiger partial charge on any atom is 0.151 e. The van der Waals surface area contributed by atoms with E-state index < -0.39 is 0 Å². The van der Waals surface area contributed by atoms with Gasteiger partial charge in [0, 0.05) is 25.8 Å². The first-order valence-corrected chi connectivity index (χ1v) is 6.17. The molecule has 2 rings (SSSR count). The average Bonchev–Trinajstić information content (AvgIpc) is 2.91. The van der Waals surface area contributed by atoms with Crippen LogP contribution in [0.1, 0.15) is 24.3 Å². The largest absolute Gasteiger partial charge is 0.377 e. The summed E-state index contributed by atoms with van der Waals surface area (Å²) in [5, 5.41) is 7.05. The lowest BCUT2D eigenvalue weighted by molar-refractivity contribution is 0.0768. The molecular weight excluding hydrogens is 218 g/mol. The molecule has 17 heavy (non-hydrogen) atoms. The van der Waals surface area contributed by atoms with Gasteiger partial charge in [-0.2, -0.15) is 0 Å². The van der Waals surface area contributed by atoms with E-state index in [-0.39, 0.29) is 0 Å². The summed E-state index contributed by atoms with van der Waals surface area (Å²) in [5.41, 5.74) is 0.952. The zero-order valence-electron chi connectivity index (χ0n) is 10.6. The van der Waals surface area contributed by atoms with E-state index in [0.717, 1.165) is 37.7 Å². The zero-order valence-corrected chi connectivity index (χ0v) is 10.6. The Morgan fingerprint density at radius 2 is 2.47 bits per heavy atom. The molecule has 0 radical (unpaired) electrons. The Bertz CT molecular complexity index is 334. The summed E-state index contributed by atoms with van der Waals surface area (Å²) in [6.45, 7) is 3.41. The fourth-order valence-corrected chi connectivity index (χ4v) is 2.16. The third kappa shape index (κ3) is 3.80. The Labute approximate surface area is 102 Å². The van der Waals surface area contributed by atoms with Crippen LogP contribution in [0.5, 0.6) is 0 Å². The van der Waals surface area contributed by atoms with Crippen LogP contribution in [0.15, 0.2) is 10.6 Å². The van der Waals surface area contributed by atoms with E-state index in [1.807, 2.05) is 13.1 Å². The second-order valence-electron chi connectivity index (χ2n) is 4.65. The summed E-state index contributed by atoms with van der Waals surface area (Å²) in [5.74, 6) is 0.913. The van der Waals surface area contributed by atoms with E-state index in [4.69, 9.17) is 9.26 Å². The number of aromatic nitrogens is 1. The third-order valence-corrected chi connectivity index (χ3v) is 2.93. The van der Waals surface area contributed by atoms with Gasteiger partial charge in [0.15, 0.2) is 5.76 Å². The molecule has 0 aromatic carbocycles. The highest BCUT2D eigenvalue weighted by atomic mass is 16.5. The molecule has 1 aliphatic rings. The van der Waals surface area contributed by atoms with Gasteiger partial charge < -0.3 is 14.6 Å². The Kier molecular flexibility index (Phi) is 4.53. The second kappa shape index (κ2) is 6.14.